The fourth-order valence-electron chi connectivity index (χ4n) is 5.29. The first-order valence-electron chi connectivity index (χ1n) is 10.4. The molecule has 1 amide bonds. The number of amides is 1. The Labute approximate surface area is 173 Å². The summed E-state index contributed by atoms with van der Waals surface area (Å²) < 4.78 is 21.4. The second-order valence-electron chi connectivity index (χ2n) is 8.43. The van der Waals surface area contributed by atoms with Gasteiger partial charge >= 0.3 is 0 Å². The van der Waals surface area contributed by atoms with Gasteiger partial charge in [-0.15, -0.1) is 0 Å². The van der Waals surface area contributed by atoms with Crippen LogP contribution < -0.4 is 4.90 Å². The Morgan fingerprint density at radius 2 is 1.93 bits per heavy atom. The maximum atomic E-state index is 13.9. The van der Waals surface area contributed by atoms with Crippen molar-refractivity contribution in [2.45, 2.75) is 31.5 Å². The van der Waals surface area contributed by atoms with Crippen LogP contribution in [0.15, 0.2) is 48.8 Å². The number of benzene rings is 1. The van der Waals surface area contributed by atoms with Crippen molar-refractivity contribution >= 4 is 17.4 Å². The van der Waals surface area contributed by atoms with Crippen molar-refractivity contribution < 1.29 is 13.9 Å². The van der Waals surface area contributed by atoms with E-state index >= 15 is 0 Å². The van der Waals surface area contributed by atoms with E-state index in [4.69, 9.17) is 4.74 Å². The van der Waals surface area contributed by atoms with Crippen molar-refractivity contribution in [2.75, 3.05) is 24.6 Å². The van der Waals surface area contributed by atoms with E-state index in [-0.39, 0.29) is 29.2 Å². The highest BCUT2D eigenvalue weighted by Crippen LogP contribution is 2.50. The number of ether oxygens (including phenoxy) is 1. The molecule has 7 nitrogen and oxygen atoms in total. The first kappa shape index (κ1) is 17.8. The zero-order valence-electron chi connectivity index (χ0n) is 16.4. The number of carbonyl (C=O) groups is 1. The minimum absolute atomic E-state index is 0.00650. The summed E-state index contributed by atoms with van der Waals surface area (Å²) in [5, 5.41) is 4.13. The van der Waals surface area contributed by atoms with Gasteiger partial charge in [0.05, 0.1) is 24.3 Å². The van der Waals surface area contributed by atoms with Crippen LogP contribution in [0.3, 0.4) is 0 Å². The van der Waals surface area contributed by atoms with Crippen LogP contribution in [-0.4, -0.2) is 51.3 Å². The Hall–Kier alpha value is -3.00. The molecule has 5 heterocycles. The molecule has 1 aromatic carbocycles. The lowest BCUT2D eigenvalue weighted by Gasteiger charge is -2.39. The quantitative estimate of drug-likeness (QED) is 0.654. The van der Waals surface area contributed by atoms with Gasteiger partial charge in [0, 0.05) is 25.7 Å². The molecule has 3 fully saturated rings. The molecule has 3 aromatic rings. The number of hydrogen-bond acceptors (Lipinski definition) is 5. The molecule has 3 saturated heterocycles. The largest absolute Gasteiger partial charge is 0.356 e. The van der Waals surface area contributed by atoms with Crippen LogP contribution in [0.1, 0.15) is 30.9 Å². The molecule has 0 bridgehead atoms. The number of carbonyl (C=O) groups excluding carboxylic acids is 1. The summed E-state index contributed by atoms with van der Waals surface area (Å²) in [5.74, 6) is 0.590. The van der Waals surface area contributed by atoms with E-state index in [1.165, 1.54) is 10.7 Å². The van der Waals surface area contributed by atoms with Crippen molar-refractivity contribution in [2.24, 2.45) is 5.41 Å². The van der Waals surface area contributed by atoms with E-state index in [0.717, 1.165) is 30.6 Å². The summed E-state index contributed by atoms with van der Waals surface area (Å²) in [4.78, 5) is 21.8. The predicted octanol–water partition coefficient (Wildman–Crippen LogP) is 2.78. The average molecular weight is 407 g/mol. The SMILES string of the molecule is O=C1N2C(CC13CCN(c1ccnc4c(F)cnn14)CC3)OCC2c1ccccc1. The molecular formula is C22H22FN5O2. The van der Waals surface area contributed by atoms with Crippen molar-refractivity contribution in [1.29, 1.82) is 0 Å². The first-order valence-corrected chi connectivity index (χ1v) is 10.4. The van der Waals surface area contributed by atoms with E-state index in [0.29, 0.717) is 19.7 Å². The van der Waals surface area contributed by atoms with Gasteiger partial charge in [-0.3, -0.25) is 4.79 Å². The molecule has 2 unspecified atom stereocenters. The third-order valence-corrected chi connectivity index (χ3v) is 6.91. The van der Waals surface area contributed by atoms with Crippen molar-refractivity contribution in [1.82, 2.24) is 19.5 Å². The number of halogens is 1. The number of nitrogens with zero attached hydrogens (tertiary/aromatic N) is 5. The molecule has 6 rings (SSSR count). The van der Waals surface area contributed by atoms with Gasteiger partial charge in [0.15, 0.2) is 11.5 Å². The number of rotatable bonds is 2. The summed E-state index contributed by atoms with van der Waals surface area (Å²) in [6.45, 7) is 1.98. The van der Waals surface area contributed by atoms with Crippen molar-refractivity contribution in [3.63, 3.8) is 0 Å². The monoisotopic (exact) mass is 407 g/mol. The highest BCUT2D eigenvalue weighted by atomic mass is 19.1. The fourth-order valence-corrected chi connectivity index (χ4v) is 5.29. The normalized spacial score (nSPS) is 25.4. The number of hydrogen-bond donors (Lipinski definition) is 0. The van der Waals surface area contributed by atoms with Gasteiger partial charge in [0.1, 0.15) is 12.0 Å². The van der Waals surface area contributed by atoms with Crippen LogP contribution >= 0.6 is 0 Å². The Morgan fingerprint density at radius 3 is 2.73 bits per heavy atom. The number of anilines is 1. The maximum Gasteiger partial charge on any atom is 0.231 e. The summed E-state index contributed by atoms with van der Waals surface area (Å²) in [6.07, 6.45) is 4.89. The van der Waals surface area contributed by atoms with E-state index < -0.39 is 5.82 Å². The van der Waals surface area contributed by atoms with Gasteiger partial charge in [-0.25, -0.2) is 9.37 Å². The molecule has 0 aliphatic carbocycles. The lowest BCUT2D eigenvalue weighted by atomic mass is 9.76. The molecule has 1 spiro atoms. The van der Waals surface area contributed by atoms with E-state index in [1.54, 1.807) is 6.20 Å². The lowest BCUT2D eigenvalue weighted by molar-refractivity contribution is -0.139. The van der Waals surface area contributed by atoms with Crippen molar-refractivity contribution in [3.05, 3.63) is 60.2 Å². The topological polar surface area (TPSA) is 63.0 Å². The second kappa shape index (κ2) is 6.50. The molecule has 0 radical (unpaired) electrons. The molecule has 0 saturated carbocycles. The minimum atomic E-state index is -0.430. The minimum Gasteiger partial charge on any atom is -0.356 e. The number of fused-ring (bicyclic) bond motifs is 2. The highest BCUT2D eigenvalue weighted by molar-refractivity contribution is 5.86. The average Bonchev–Trinajstić information content (AvgIpc) is 3.44. The van der Waals surface area contributed by atoms with Gasteiger partial charge in [0.25, 0.3) is 0 Å². The van der Waals surface area contributed by atoms with E-state index in [9.17, 15) is 9.18 Å². The first-order chi connectivity index (χ1) is 14.7. The summed E-state index contributed by atoms with van der Waals surface area (Å²) >= 11 is 0. The van der Waals surface area contributed by atoms with Gasteiger partial charge < -0.3 is 14.5 Å². The Kier molecular flexibility index (Phi) is 3.86. The summed E-state index contributed by atoms with van der Waals surface area (Å²) in [6, 6.07) is 12.0. The van der Waals surface area contributed by atoms with Gasteiger partial charge in [-0.1, -0.05) is 30.3 Å². The van der Waals surface area contributed by atoms with Crippen LogP contribution in [0, 0.1) is 11.2 Å². The third-order valence-electron chi connectivity index (χ3n) is 6.91. The molecule has 2 atom stereocenters. The van der Waals surface area contributed by atoms with Crippen molar-refractivity contribution in [3.8, 4) is 0 Å². The smallest absolute Gasteiger partial charge is 0.231 e. The molecule has 8 heteroatoms. The molecule has 30 heavy (non-hydrogen) atoms. The lowest BCUT2D eigenvalue weighted by Crippen LogP contribution is -2.45. The molecule has 3 aliphatic heterocycles. The van der Waals surface area contributed by atoms with Crippen LogP contribution in [-0.2, 0) is 9.53 Å². The number of piperidine rings is 1. The summed E-state index contributed by atoms with van der Waals surface area (Å²) in [5.41, 5.74) is 0.975. The predicted molar refractivity (Wildman–Crippen MR) is 107 cm³/mol. The van der Waals surface area contributed by atoms with E-state index in [2.05, 4.69) is 27.1 Å². The van der Waals surface area contributed by atoms with Gasteiger partial charge in [-0.05, 0) is 24.5 Å². The molecule has 2 aromatic heterocycles. The zero-order chi connectivity index (χ0) is 20.3. The van der Waals surface area contributed by atoms with Gasteiger partial charge in [0.2, 0.25) is 5.91 Å². The molecule has 0 N–H and O–H groups in total. The van der Waals surface area contributed by atoms with Crippen LogP contribution in [0.5, 0.6) is 0 Å². The van der Waals surface area contributed by atoms with Crippen LogP contribution in [0.25, 0.3) is 5.65 Å². The van der Waals surface area contributed by atoms with E-state index in [1.807, 2.05) is 29.2 Å². The van der Waals surface area contributed by atoms with Crippen LogP contribution in [0.2, 0.25) is 0 Å². The molecule has 154 valence electrons. The fraction of sp³-hybridized carbons (Fsp3) is 0.409. The molecular weight excluding hydrogens is 385 g/mol. The summed E-state index contributed by atoms with van der Waals surface area (Å²) in [7, 11) is 0. The zero-order valence-corrected chi connectivity index (χ0v) is 16.4. The third kappa shape index (κ3) is 2.49. The maximum absolute atomic E-state index is 13.9. The van der Waals surface area contributed by atoms with Gasteiger partial charge in [-0.2, -0.15) is 9.61 Å². The Morgan fingerprint density at radius 1 is 1.13 bits per heavy atom. The molecule has 3 aliphatic rings. The standard InChI is InChI=1S/C22H22FN5O2/c23-16-13-25-28-18(6-9-24-20(16)28)26-10-7-22(8-11-26)12-19-27(21(22)29)17(14-30-19)15-4-2-1-3-5-15/h1-6,9,13,17,19H,7-8,10-12,14H2. The Bertz CT molecular complexity index is 1110. The Balaban J connectivity index is 1.23. The second-order valence-corrected chi connectivity index (χ2v) is 8.43. The van der Waals surface area contributed by atoms with Crippen LogP contribution in [0.4, 0.5) is 10.2 Å². The highest BCUT2D eigenvalue weighted by Gasteiger charge is 2.57. The number of aromatic nitrogens is 3.